The van der Waals surface area contributed by atoms with Crippen LogP contribution in [0.2, 0.25) is 0 Å². The van der Waals surface area contributed by atoms with Crippen molar-refractivity contribution in [3.63, 3.8) is 0 Å². The third kappa shape index (κ3) is 2.89. The van der Waals surface area contributed by atoms with Crippen molar-refractivity contribution in [1.82, 2.24) is 20.0 Å². The fraction of sp³-hybridized carbons (Fsp3) is 0.308. The normalized spacial score (nSPS) is 10.4. The minimum atomic E-state index is -0.447. The first kappa shape index (κ1) is 15.0. The van der Waals surface area contributed by atoms with Crippen molar-refractivity contribution in [3.05, 3.63) is 34.8 Å². The van der Waals surface area contributed by atoms with Gasteiger partial charge >= 0.3 is 5.97 Å². The Balaban J connectivity index is 2.50. The highest BCUT2D eigenvalue weighted by Crippen LogP contribution is 2.17. The summed E-state index contributed by atoms with van der Waals surface area (Å²) < 4.78 is 6.34. The Morgan fingerprint density at radius 2 is 2.14 bits per heavy atom. The number of carbonyl (C=O) groups excluding carboxylic acids is 1. The first-order valence-electron chi connectivity index (χ1n) is 6.31. The number of nitrogens with zero attached hydrogens (tertiary/aromatic N) is 4. The number of esters is 1. The predicted molar refractivity (Wildman–Crippen MR) is 80.5 cm³/mol. The first-order chi connectivity index (χ1) is 9.95. The number of aryl methyl sites for hydroxylation is 1. The van der Waals surface area contributed by atoms with E-state index in [-0.39, 0.29) is 4.99 Å². The Kier molecular flexibility index (Phi) is 4.27. The second kappa shape index (κ2) is 5.96. The molecule has 0 atom stereocenters. The van der Waals surface area contributed by atoms with E-state index < -0.39 is 5.97 Å². The zero-order valence-corrected chi connectivity index (χ0v) is 12.8. The molecule has 0 saturated heterocycles. The molecular weight excluding hydrogens is 290 g/mol. The Labute approximate surface area is 127 Å². The van der Waals surface area contributed by atoms with E-state index in [0.717, 1.165) is 11.3 Å². The number of thiocarbonyl (C=S) groups is 1. The highest BCUT2D eigenvalue weighted by Gasteiger charge is 2.17. The summed E-state index contributed by atoms with van der Waals surface area (Å²) in [4.78, 5) is 11.9. The van der Waals surface area contributed by atoms with Crippen molar-refractivity contribution >= 4 is 23.2 Å². The maximum Gasteiger partial charge on any atom is 0.341 e. The van der Waals surface area contributed by atoms with Crippen molar-refractivity contribution in [1.29, 1.82) is 0 Å². The minimum Gasteiger partial charge on any atom is -0.462 e. The fourth-order valence-electron chi connectivity index (χ4n) is 1.81. The molecule has 2 aromatic heterocycles. The number of hydrogen-bond acceptors (Lipinski definition) is 6. The van der Waals surface area contributed by atoms with Gasteiger partial charge in [-0.3, -0.25) is 0 Å². The van der Waals surface area contributed by atoms with Crippen LogP contribution in [0.1, 0.15) is 34.1 Å². The van der Waals surface area contributed by atoms with Crippen molar-refractivity contribution < 1.29 is 9.53 Å². The molecule has 0 unspecified atom stereocenters. The fourth-order valence-corrected chi connectivity index (χ4v) is 2.05. The van der Waals surface area contributed by atoms with Gasteiger partial charge in [-0.05, 0) is 26.3 Å². The lowest BCUT2D eigenvalue weighted by Gasteiger charge is -2.10. The lowest BCUT2D eigenvalue weighted by atomic mass is 10.1. The van der Waals surface area contributed by atoms with Gasteiger partial charge in [0.1, 0.15) is 4.99 Å². The van der Waals surface area contributed by atoms with Gasteiger partial charge in [0.05, 0.1) is 29.6 Å². The molecule has 2 N–H and O–H groups in total. The first-order valence-corrected chi connectivity index (χ1v) is 6.72. The predicted octanol–water partition coefficient (Wildman–Crippen LogP) is 1.09. The number of nitrogens with two attached hydrogens (primary N) is 1. The average Bonchev–Trinajstić information content (AvgIpc) is 2.91. The van der Waals surface area contributed by atoms with Crippen molar-refractivity contribution in [2.75, 3.05) is 6.61 Å². The van der Waals surface area contributed by atoms with Gasteiger partial charge in [-0.1, -0.05) is 12.2 Å². The summed E-state index contributed by atoms with van der Waals surface area (Å²) in [6, 6.07) is 0. The molecule has 0 aliphatic carbocycles. The number of ether oxygens (including phenoxy) is 1. The standard InChI is InChI=1S/C13H15N5O2S/c1-4-20-13(19)9-5-15-18(6-9)12-10(11(14)21)7(2)8(3)16-17-12/h5-6H,4H2,1-3H3,(H2,14,21). The van der Waals surface area contributed by atoms with Crippen LogP contribution in [0.25, 0.3) is 5.82 Å². The van der Waals surface area contributed by atoms with Gasteiger partial charge in [0.2, 0.25) is 0 Å². The van der Waals surface area contributed by atoms with E-state index in [1.165, 1.54) is 17.1 Å². The van der Waals surface area contributed by atoms with Gasteiger partial charge in [-0.2, -0.15) is 10.2 Å². The molecule has 2 rings (SSSR count). The monoisotopic (exact) mass is 305 g/mol. The van der Waals surface area contributed by atoms with Crippen LogP contribution >= 0.6 is 12.2 Å². The van der Waals surface area contributed by atoms with E-state index >= 15 is 0 Å². The third-order valence-electron chi connectivity index (χ3n) is 2.99. The summed E-state index contributed by atoms with van der Waals surface area (Å²) >= 11 is 5.07. The minimum absolute atomic E-state index is 0.202. The van der Waals surface area contributed by atoms with Gasteiger partial charge < -0.3 is 10.5 Å². The molecule has 21 heavy (non-hydrogen) atoms. The smallest absolute Gasteiger partial charge is 0.341 e. The molecule has 0 amide bonds. The summed E-state index contributed by atoms with van der Waals surface area (Å²) in [5.74, 6) is -0.0569. The molecule has 2 aromatic rings. The van der Waals surface area contributed by atoms with Crippen LogP contribution in [0.15, 0.2) is 12.4 Å². The Morgan fingerprint density at radius 1 is 1.43 bits per heavy atom. The van der Waals surface area contributed by atoms with E-state index in [1.807, 2.05) is 13.8 Å². The molecule has 7 nitrogen and oxygen atoms in total. The van der Waals surface area contributed by atoms with Crippen LogP contribution in [0, 0.1) is 13.8 Å². The summed E-state index contributed by atoms with van der Waals surface area (Å²) in [5, 5.41) is 12.2. The number of rotatable bonds is 4. The molecule has 0 aliphatic rings. The van der Waals surface area contributed by atoms with Crippen LogP contribution in [0.3, 0.4) is 0 Å². The molecule has 0 saturated carbocycles. The molecule has 0 aliphatic heterocycles. The summed E-state index contributed by atoms with van der Waals surface area (Å²) in [6.45, 7) is 5.71. The van der Waals surface area contributed by atoms with Gasteiger partial charge in [-0.15, -0.1) is 5.10 Å². The molecule has 0 spiro atoms. The topological polar surface area (TPSA) is 95.9 Å². The van der Waals surface area contributed by atoms with Crippen molar-refractivity contribution in [2.45, 2.75) is 20.8 Å². The van der Waals surface area contributed by atoms with Gasteiger partial charge in [0.15, 0.2) is 5.82 Å². The molecule has 0 fully saturated rings. The SMILES string of the molecule is CCOC(=O)c1cnn(-c2nnc(C)c(C)c2C(N)=S)c1. The lowest BCUT2D eigenvalue weighted by Crippen LogP contribution is -2.18. The quantitative estimate of drug-likeness (QED) is 0.667. The van der Waals surface area contributed by atoms with Crippen molar-refractivity contribution in [3.8, 4) is 5.82 Å². The van der Waals surface area contributed by atoms with E-state index in [0.29, 0.717) is 23.6 Å². The average molecular weight is 305 g/mol. The van der Waals surface area contributed by atoms with Crippen LogP contribution in [0.5, 0.6) is 0 Å². The van der Waals surface area contributed by atoms with Crippen molar-refractivity contribution in [2.24, 2.45) is 5.73 Å². The van der Waals surface area contributed by atoms with E-state index in [4.69, 9.17) is 22.7 Å². The van der Waals surface area contributed by atoms with Crippen LogP contribution in [0.4, 0.5) is 0 Å². The Bertz CT molecular complexity index is 711. The zero-order chi connectivity index (χ0) is 15.6. The number of aromatic nitrogens is 4. The molecule has 8 heteroatoms. The van der Waals surface area contributed by atoms with E-state index in [2.05, 4.69) is 15.3 Å². The summed E-state index contributed by atoms with van der Waals surface area (Å²) in [5.41, 5.74) is 8.25. The van der Waals surface area contributed by atoms with Crippen LogP contribution < -0.4 is 5.73 Å². The summed E-state index contributed by atoms with van der Waals surface area (Å²) in [7, 11) is 0. The zero-order valence-electron chi connectivity index (χ0n) is 12.0. The number of carbonyl (C=O) groups is 1. The molecule has 0 radical (unpaired) electrons. The molecule has 2 heterocycles. The summed E-state index contributed by atoms with van der Waals surface area (Å²) in [6.07, 6.45) is 2.91. The molecule has 0 aromatic carbocycles. The largest absolute Gasteiger partial charge is 0.462 e. The molecule has 0 bridgehead atoms. The van der Waals surface area contributed by atoms with Gasteiger partial charge in [0, 0.05) is 6.20 Å². The van der Waals surface area contributed by atoms with Crippen LogP contribution in [-0.4, -0.2) is 37.5 Å². The second-order valence-corrected chi connectivity index (χ2v) is 4.81. The maximum absolute atomic E-state index is 11.7. The third-order valence-corrected chi connectivity index (χ3v) is 3.20. The molecule has 110 valence electrons. The maximum atomic E-state index is 11.7. The molecular formula is C13H15N5O2S. The highest BCUT2D eigenvalue weighted by atomic mass is 32.1. The van der Waals surface area contributed by atoms with E-state index in [9.17, 15) is 4.79 Å². The van der Waals surface area contributed by atoms with Gasteiger partial charge in [0.25, 0.3) is 0 Å². The van der Waals surface area contributed by atoms with E-state index in [1.54, 1.807) is 6.92 Å². The Hall–Kier alpha value is -2.35. The highest BCUT2D eigenvalue weighted by molar-refractivity contribution is 7.80. The number of hydrogen-bond donors (Lipinski definition) is 1. The second-order valence-electron chi connectivity index (χ2n) is 4.37. The van der Waals surface area contributed by atoms with Gasteiger partial charge in [-0.25, -0.2) is 9.48 Å². The van der Waals surface area contributed by atoms with Crippen LogP contribution in [-0.2, 0) is 4.74 Å². The Morgan fingerprint density at radius 3 is 2.76 bits per heavy atom. The lowest BCUT2D eigenvalue weighted by molar-refractivity contribution is 0.0526.